The lowest BCUT2D eigenvalue weighted by atomic mass is 9.86. The number of piperidine rings is 1. The molecule has 2 atom stereocenters. The number of nitrogens with one attached hydrogen (secondary N) is 2. The van der Waals surface area contributed by atoms with Gasteiger partial charge in [-0.05, 0) is 42.9 Å². The molecule has 4 rings (SSSR count). The summed E-state index contributed by atoms with van der Waals surface area (Å²) in [6.45, 7) is 1.99. The molecular formula is C18H23ClN6. The van der Waals surface area contributed by atoms with Crippen LogP contribution in [0.25, 0.3) is 0 Å². The summed E-state index contributed by atoms with van der Waals surface area (Å²) in [5, 5.41) is 0.832. The number of hydrogen-bond donors (Lipinski definition) is 3. The van der Waals surface area contributed by atoms with Gasteiger partial charge in [0.15, 0.2) is 0 Å². The highest BCUT2D eigenvalue weighted by Crippen LogP contribution is 2.33. The highest BCUT2D eigenvalue weighted by Gasteiger charge is 2.34. The predicted molar refractivity (Wildman–Crippen MR) is 100 cm³/mol. The molecule has 2 unspecified atom stereocenters. The van der Waals surface area contributed by atoms with E-state index in [9.17, 15) is 0 Å². The monoisotopic (exact) mass is 358 g/mol. The van der Waals surface area contributed by atoms with Gasteiger partial charge in [0.1, 0.15) is 5.82 Å². The maximum atomic E-state index is 6.34. The molecule has 2 saturated heterocycles. The van der Waals surface area contributed by atoms with E-state index in [2.05, 4.69) is 31.8 Å². The van der Waals surface area contributed by atoms with Crippen LogP contribution in [0.4, 0.5) is 11.8 Å². The first-order valence-corrected chi connectivity index (χ1v) is 9.17. The standard InChI is InChI=1S/C18H23ClN6/c19-14-4-2-1-3-13(14)16-11-15(23-24-16)12-6-9-25(10-7-12)17-5-8-21-18(20)22-17/h1-5,8,12,15-16,23-24H,6-7,9-11H2,(H2,20,21,22). The first-order valence-electron chi connectivity index (χ1n) is 8.79. The molecule has 2 fully saturated rings. The van der Waals surface area contributed by atoms with Gasteiger partial charge >= 0.3 is 0 Å². The molecule has 0 spiro atoms. The van der Waals surface area contributed by atoms with Gasteiger partial charge in [-0.1, -0.05) is 29.8 Å². The minimum Gasteiger partial charge on any atom is -0.368 e. The molecule has 3 heterocycles. The second-order valence-corrected chi connectivity index (χ2v) is 7.21. The lowest BCUT2D eigenvalue weighted by molar-refractivity contribution is 0.310. The zero-order valence-electron chi connectivity index (χ0n) is 14.0. The largest absolute Gasteiger partial charge is 0.368 e. The van der Waals surface area contributed by atoms with Gasteiger partial charge in [0.05, 0.1) is 0 Å². The first-order chi connectivity index (χ1) is 12.2. The van der Waals surface area contributed by atoms with Crippen LogP contribution in [0, 0.1) is 5.92 Å². The fourth-order valence-electron chi connectivity index (χ4n) is 3.92. The molecule has 0 saturated carbocycles. The zero-order chi connectivity index (χ0) is 17.2. The van der Waals surface area contributed by atoms with Gasteiger partial charge in [0, 0.05) is 36.4 Å². The van der Waals surface area contributed by atoms with Crippen molar-refractivity contribution in [3.05, 3.63) is 47.1 Å². The second kappa shape index (κ2) is 7.15. The Morgan fingerprint density at radius 1 is 1.12 bits per heavy atom. The summed E-state index contributed by atoms with van der Waals surface area (Å²) in [6, 6.07) is 10.8. The highest BCUT2D eigenvalue weighted by molar-refractivity contribution is 6.31. The van der Waals surface area contributed by atoms with E-state index in [-0.39, 0.29) is 6.04 Å². The highest BCUT2D eigenvalue weighted by atomic mass is 35.5. The van der Waals surface area contributed by atoms with Gasteiger partial charge < -0.3 is 10.6 Å². The molecule has 2 aromatic rings. The van der Waals surface area contributed by atoms with Gasteiger partial charge in [-0.2, -0.15) is 4.98 Å². The quantitative estimate of drug-likeness (QED) is 0.782. The fourth-order valence-corrected chi connectivity index (χ4v) is 4.19. The first kappa shape index (κ1) is 16.6. The third-order valence-corrected chi connectivity index (χ3v) is 5.65. The molecule has 1 aromatic heterocycles. The van der Waals surface area contributed by atoms with Crippen molar-refractivity contribution in [2.24, 2.45) is 5.92 Å². The van der Waals surface area contributed by atoms with Gasteiger partial charge in [0.25, 0.3) is 0 Å². The molecule has 25 heavy (non-hydrogen) atoms. The molecule has 0 amide bonds. The van der Waals surface area contributed by atoms with Gasteiger partial charge in [0.2, 0.25) is 5.95 Å². The Balaban J connectivity index is 1.35. The van der Waals surface area contributed by atoms with E-state index in [0.717, 1.165) is 43.2 Å². The normalized spacial score (nSPS) is 24.6. The Morgan fingerprint density at radius 2 is 1.92 bits per heavy atom. The Bertz CT molecular complexity index is 731. The number of hydrazine groups is 1. The van der Waals surface area contributed by atoms with Gasteiger partial charge in [-0.3, -0.25) is 5.43 Å². The van der Waals surface area contributed by atoms with E-state index in [1.54, 1.807) is 6.20 Å². The number of nitrogens with zero attached hydrogens (tertiary/aromatic N) is 3. The fraction of sp³-hybridized carbons (Fsp3) is 0.444. The zero-order valence-corrected chi connectivity index (χ0v) is 14.8. The summed E-state index contributed by atoms with van der Waals surface area (Å²) >= 11 is 6.34. The lowest BCUT2D eigenvalue weighted by Crippen LogP contribution is -2.43. The van der Waals surface area contributed by atoms with E-state index < -0.39 is 0 Å². The van der Waals surface area contributed by atoms with Crippen molar-refractivity contribution >= 4 is 23.4 Å². The van der Waals surface area contributed by atoms with Crippen LogP contribution in [-0.2, 0) is 0 Å². The number of nitrogens with two attached hydrogens (primary N) is 1. The third-order valence-electron chi connectivity index (χ3n) is 5.31. The summed E-state index contributed by atoms with van der Waals surface area (Å²) in [5.74, 6) is 1.91. The van der Waals surface area contributed by atoms with E-state index in [1.807, 2.05) is 24.3 Å². The van der Waals surface area contributed by atoms with Gasteiger partial charge in [-0.25, -0.2) is 10.4 Å². The Labute approximate surface area is 152 Å². The van der Waals surface area contributed by atoms with Crippen molar-refractivity contribution in [1.29, 1.82) is 0 Å². The van der Waals surface area contributed by atoms with Crippen molar-refractivity contribution in [2.45, 2.75) is 31.3 Å². The molecule has 0 bridgehead atoms. The Kier molecular flexibility index (Phi) is 4.74. The van der Waals surface area contributed by atoms with Crippen LogP contribution in [0.15, 0.2) is 36.5 Å². The molecule has 0 radical (unpaired) electrons. The minimum atomic E-state index is 0.276. The summed E-state index contributed by atoms with van der Waals surface area (Å²) in [5.41, 5.74) is 13.8. The number of nitrogen functional groups attached to an aromatic ring is 1. The van der Waals surface area contributed by atoms with E-state index in [1.165, 1.54) is 5.56 Å². The Hall–Kier alpha value is -1.89. The predicted octanol–water partition coefficient (Wildman–Crippen LogP) is 2.54. The molecular weight excluding hydrogens is 336 g/mol. The van der Waals surface area contributed by atoms with Crippen molar-refractivity contribution in [3.8, 4) is 0 Å². The molecule has 7 heteroatoms. The number of hydrogen-bond acceptors (Lipinski definition) is 6. The van der Waals surface area contributed by atoms with Crippen LogP contribution in [0.3, 0.4) is 0 Å². The summed E-state index contributed by atoms with van der Waals surface area (Å²) in [4.78, 5) is 10.6. The number of aromatic nitrogens is 2. The summed E-state index contributed by atoms with van der Waals surface area (Å²) in [7, 11) is 0. The van der Waals surface area contributed by atoms with Crippen LogP contribution in [0.2, 0.25) is 5.02 Å². The van der Waals surface area contributed by atoms with Crippen molar-refractivity contribution < 1.29 is 0 Å². The minimum absolute atomic E-state index is 0.276. The number of benzene rings is 1. The molecule has 2 aliphatic rings. The average Bonchev–Trinajstić information content (AvgIpc) is 3.12. The second-order valence-electron chi connectivity index (χ2n) is 6.80. The summed E-state index contributed by atoms with van der Waals surface area (Å²) < 4.78 is 0. The topological polar surface area (TPSA) is 79.1 Å². The van der Waals surface area contributed by atoms with E-state index >= 15 is 0 Å². The van der Waals surface area contributed by atoms with Crippen LogP contribution in [0.1, 0.15) is 30.9 Å². The van der Waals surface area contributed by atoms with Gasteiger partial charge in [-0.15, -0.1) is 0 Å². The van der Waals surface area contributed by atoms with E-state index in [0.29, 0.717) is 17.9 Å². The molecule has 2 aliphatic heterocycles. The average molecular weight is 359 g/mol. The molecule has 1 aromatic carbocycles. The molecule has 6 nitrogen and oxygen atoms in total. The van der Waals surface area contributed by atoms with Crippen LogP contribution in [0.5, 0.6) is 0 Å². The van der Waals surface area contributed by atoms with Crippen LogP contribution >= 0.6 is 11.6 Å². The van der Waals surface area contributed by atoms with Crippen LogP contribution < -0.4 is 21.5 Å². The van der Waals surface area contributed by atoms with Crippen LogP contribution in [-0.4, -0.2) is 29.1 Å². The number of rotatable bonds is 3. The number of halogens is 1. The lowest BCUT2D eigenvalue weighted by Gasteiger charge is -2.35. The number of anilines is 2. The maximum absolute atomic E-state index is 6.34. The van der Waals surface area contributed by atoms with Crippen molar-refractivity contribution in [2.75, 3.05) is 23.7 Å². The molecule has 132 valence electrons. The SMILES string of the molecule is Nc1nccc(N2CCC(C3CC(c4ccccc4Cl)NN3)CC2)n1. The third kappa shape index (κ3) is 3.56. The summed E-state index contributed by atoms with van der Waals surface area (Å²) in [6.07, 6.45) is 5.06. The van der Waals surface area contributed by atoms with Crippen molar-refractivity contribution in [3.63, 3.8) is 0 Å². The molecule has 0 aliphatic carbocycles. The van der Waals surface area contributed by atoms with E-state index in [4.69, 9.17) is 17.3 Å². The Morgan fingerprint density at radius 3 is 2.68 bits per heavy atom. The molecule has 4 N–H and O–H groups in total. The smallest absolute Gasteiger partial charge is 0.221 e. The maximum Gasteiger partial charge on any atom is 0.221 e. The van der Waals surface area contributed by atoms with Crippen molar-refractivity contribution in [1.82, 2.24) is 20.8 Å².